The van der Waals surface area contributed by atoms with Crippen LogP contribution in [-0.2, 0) is 19.8 Å². The van der Waals surface area contributed by atoms with Crippen LogP contribution in [0.2, 0.25) is 0 Å². The summed E-state index contributed by atoms with van der Waals surface area (Å²) in [6.07, 6.45) is 2.27. The number of nitrogens with two attached hydrogens (primary N) is 1. The zero-order valence-corrected chi connectivity index (χ0v) is 12.5. The fourth-order valence-electron chi connectivity index (χ4n) is 2.15. The topological polar surface area (TPSA) is 61.5 Å². The third kappa shape index (κ3) is 3.38. The molecule has 106 valence electrons. The van der Waals surface area contributed by atoms with E-state index in [0.29, 0.717) is 25.1 Å². The van der Waals surface area contributed by atoms with Crippen LogP contribution in [0, 0.1) is 5.41 Å². The van der Waals surface area contributed by atoms with Gasteiger partial charge in [-0.15, -0.1) is 0 Å². The third-order valence-corrected chi connectivity index (χ3v) is 5.79. The predicted octanol–water partition coefficient (Wildman–Crippen LogP) is 3.82. The maximum absolute atomic E-state index is 12.5. The molecule has 1 aliphatic heterocycles. The molecule has 1 heterocycles. The van der Waals surface area contributed by atoms with Crippen molar-refractivity contribution in [3.8, 4) is 0 Å². The Bertz CT molecular complexity index is 454. The van der Waals surface area contributed by atoms with Gasteiger partial charge in [0.05, 0.1) is 19.4 Å². The summed E-state index contributed by atoms with van der Waals surface area (Å²) < 4.78 is 23.7. The molecule has 0 aromatic heterocycles. The van der Waals surface area contributed by atoms with Gasteiger partial charge < -0.3 is 14.8 Å². The molecule has 1 aromatic rings. The molecule has 0 amide bonds. The summed E-state index contributed by atoms with van der Waals surface area (Å²) in [6.45, 7) is 5.28. The van der Waals surface area contributed by atoms with E-state index >= 15 is 0 Å². The molecule has 2 N–H and O–H groups in total. The monoisotopic (exact) mass is 283 g/mol. The molecule has 1 fully saturated rings. The molecule has 4 nitrogen and oxygen atoms in total. The SMILES string of the molecule is CCC1(CC)COP(=O)(Cc2ccc(N)cc2)OC1. The number of hydrogen-bond acceptors (Lipinski definition) is 4. The Labute approximate surface area is 114 Å². The second kappa shape index (κ2) is 5.66. The molecule has 0 aliphatic carbocycles. The summed E-state index contributed by atoms with van der Waals surface area (Å²) in [4.78, 5) is 0. The van der Waals surface area contributed by atoms with Gasteiger partial charge in [0.25, 0.3) is 0 Å². The minimum absolute atomic E-state index is 0.0228. The van der Waals surface area contributed by atoms with Crippen LogP contribution >= 0.6 is 7.60 Å². The Kier molecular flexibility index (Phi) is 4.34. The highest BCUT2D eigenvalue weighted by Gasteiger charge is 2.39. The van der Waals surface area contributed by atoms with Gasteiger partial charge in [-0.05, 0) is 30.5 Å². The van der Waals surface area contributed by atoms with Gasteiger partial charge in [0.2, 0.25) is 0 Å². The molecule has 19 heavy (non-hydrogen) atoms. The van der Waals surface area contributed by atoms with Crippen molar-refractivity contribution < 1.29 is 13.6 Å². The molecule has 0 bridgehead atoms. The quantitative estimate of drug-likeness (QED) is 0.674. The standard InChI is InChI=1S/C14H22NO3P/c1-3-14(4-2)10-17-19(16,18-11-14)9-12-5-7-13(15)8-6-12/h5-8H,3-4,9-11,15H2,1-2H3. The molecule has 5 heteroatoms. The second-order valence-electron chi connectivity index (χ2n) is 5.26. The number of hydrogen-bond donors (Lipinski definition) is 1. The van der Waals surface area contributed by atoms with Crippen LogP contribution in [0.5, 0.6) is 0 Å². The first kappa shape index (κ1) is 14.6. The van der Waals surface area contributed by atoms with E-state index in [1.807, 2.05) is 12.1 Å². The third-order valence-electron chi connectivity index (χ3n) is 3.99. The maximum atomic E-state index is 12.5. The van der Waals surface area contributed by atoms with Crippen LogP contribution in [0.1, 0.15) is 32.3 Å². The molecule has 0 unspecified atom stereocenters. The van der Waals surface area contributed by atoms with Crippen molar-refractivity contribution >= 4 is 13.3 Å². The van der Waals surface area contributed by atoms with E-state index in [4.69, 9.17) is 14.8 Å². The lowest BCUT2D eigenvalue weighted by molar-refractivity contribution is 0.0111. The molecule has 1 aromatic carbocycles. The van der Waals surface area contributed by atoms with E-state index in [0.717, 1.165) is 18.4 Å². The van der Waals surface area contributed by atoms with E-state index in [9.17, 15) is 4.57 Å². The van der Waals surface area contributed by atoms with E-state index in [-0.39, 0.29) is 5.41 Å². The number of benzene rings is 1. The Morgan fingerprint density at radius 3 is 2.16 bits per heavy atom. The van der Waals surface area contributed by atoms with E-state index < -0.39 is 7.60 Å². The lowest BCUT2D eigenvalue weighted by atomic mass is 9.84. The van der Waals surface area contributed by atoms with E-state index in [1.165, 1.54) is 0 Å². The van der Waals surface area contributed by atoms with Crippen molar-refractivity contribution in [2.45, 2.75) is 32.9 Å². The zero-order valence-electron chi connectivity index (χ0n) is 11.6. The minimum atomic E-state index is -3.00. The lowest BCUT2D eigenvalue weighted by Gasteiger charge is -2.38. The van der Waals surface area contributed by atoms with Crippen LogP contribution in [0.3, 0.4) is 0 Å². The van der Waals surface area contributed by atoms with Gasteiger partial charge in [0.15, 0.2) is 0 Å². The van der Waals surface area contributed by atoms with Crippen molar-refractivity contribution in [1.82, 2.24) is 0 Å². The molecule has 0 saturated carbocycles. The van der Waals surface area contributed by atoms with Gasteiger partial charge in [0, 0.05) is 11.1 Å². The maximum Gasteiger partial charge on any atom is 0.335 e. The average molecular weight is 283 g/mol. The summed E-state index contributed by atoms with van der Waals surface area (Å²) in [6, 6.07) is 7.33. The number of anilines is 1. The summed E-state index contributed by atoms with van der Waals surface area (Å²) in [5, 5.41) is 0. The van der Waals surface area contributed by atoms with Gasteiger partial charge in [-0.2, -0.15) is 0 Å². The summed E-state index contributed by atoms with van der Waals surface area (Å²) in [5.41, 5.74) is 7.28. The number of rotatable bonds is 4. The van der Waals surface area contributed by atoms with Crippen molar-refractivity contribution in [1.29, 1.82) is 0 Å². The Morgan fingerprint density at radius 2 is 1.68 bits per heavy atom. The van der Waals surface area contributed by atoms with Crippen molar-refractivity contribution in [2.24, 2.45) is 5.41 Å². The summed E-state index contributed by atoms with van der Waals surface area (Å²) in [7, 11) is -3.00. The highest BCUT2D eigenvalue weighted by atomic mass is 31.2. The molecule has 0 radical (unpaired) electrons. The first-order valence-corrected chi connectivity index (χ1v) is 8.46. The largest absolute Gasteiger partial charge is 0.399 e. The fraction of sp³-hybridized carbons (Fsp3) is 0.571. The van der Waals surface area contributed by atoms with Crippen molar-refractivity contribution in [3.63, 3.8) is 0 Å². The molecule has 1 saturated heterocycles. The van der Waals surface area contributed by atoms with Crippen LogP contribution in [0.25, 0.3) is 0 Å². The first-order chi connectivity index (χ1) is 9.01. The van der Waals surface area contributed by atoms with Crippen LogP contribution in [-0.4, -0.2) is 13.2 Å². The Hall–Kier alpha value is -0.830. The smallest absolute Gasteiger partial charge is 0.335 e. The normalized spacial score (nSPS) is 21.2. The van der Waals surface area contributed by atoms with Crippen LogP contribution in [0.4, 0.5) is 5.69 Å². The van der Waals surface area contributed by atoms with Gasteiger partial charge >= 0.3 is 7.60 Å². The number of nitrogen functional groups attached to an aromatic ring is 1. The fourth-order valence-corrected chi connectivity index (χ4v) is 4.00. The Balaban J connectivity index is 2.02. The zero-order chi connectivity index (χ0) is 13.9. The van der Waals surface area contributed by atoms with E-state index in [1.54, 1.807) is 12.1 Å². The molecular weight excluding hydrogens is 261 g/mol. The van der Waals surface area contributed by atoms with Gasteiger partial charge in [-0.25, -0.2) is 0 Å². The summed E-state index contributed by atoms with van der Waals surface area (Å²) in [5.74, 6) is 0. The lowest BCUT2D eigenvalue weighted by Crippen LogP contribution is -2.34. The molecule has 0 atom stereocenters. The minimum Gasteiger partial charge on any atom is -0.399 e. The molecule has 0 spiro atoms. The van der Waals surface area contributed by atoms with Crippen molar-refractivity contribution in [3.05, 3.63) is 29.8 Å². The predicted molar refractivity (Wildman–Crippen MR) is 77.1 cm³/mol. The summed E-state index contributed by atoms with van der Waals surface area (Å²) >= 11 is 0. The van der Waals surface area contributed by atoms with Crippen LogP contribution in [0.15, 0.2) is 24.3 Å². The highest BCUT2D eigenvalue weighted by molar-refractivity contribution is 7.53. The van der Waals surface area contributed by atoms with Gasteiger partial charge in [0.1, 0.15) is 0 Å². The van der Waals surface area contributed by atoms with Crippen LogP contribution < -0.4 is 5.73 Å². The molecular formula is C14H22NO3P. The molecule has 1 aliphatic rings. The van der Waals surface area contributed by atoms with Crippen molar-refractivity contribution in [2.75, 3.05) is 18.9 Å². The first-order valence-electron chi connectivity index (χ1n) is 6.73. The second-order valence-corrected chi connectivity index (χ2v) is 7.32. The average Bonchev–Trinajstić information content (AvgIpc) is 2.43. The highest BCUT2D eigenvalue weighted by Crippen LogP contribution is 2.57. The van der Waals surface area contributed by atoms with E-state index in [2.05, 4.69) is 13.8 Å². The Morgan fingerprint density at radius 1 is 1.16 bits per heavy atom. The molecule has 2 rings (SSSR count). The van der Waals surface area contributed by atoms with Gasteiger partial charge in [-0.3, -0.25) is 4.57 Å². The van der Waals surface area contributed by atoms with Gasteiger partial charge in [-0.1, -0.05) is 26.0 Å².